The molecular formula is C5H6N4OPdS2. The van der Waals surface area contributed by atoms with Crippen molar-refractivity contribution in [3.63, 3.8) is 0 Å². The van der Waals surface area contributed by atoms with Crippen LogP contribution in [0.2, 0.25) is 0 Å². The van der Waals surface area contributed by atoms with Gasteiger partial charge < -0.3 is 0 Å². The zero-order valence-electron chi connectivity index (χ0n) is 6.30. The Labute approximate surface area is 97.9 Å². The minimum Gasteiger partial charge on any atom is -0.298 e. The van der Waals surface area contributed by atoms with Crippen LogP contribution in [0.5, 0.6) is 0 Å². The van der Waals surface area contributed by atoms with Crippen molar-refractivity contribution in [2.75, 3.05) is 5.75 Å². The number of thiocyanates is 2. The fourth-order valence-electron chi connectivity index (χ4n) is 0.343. The molecule has 4 N–H and O–H groups in total. The van der Waals surface area contributed by atoms with Crippen molar-refractivity contribution >= 4 is 29.3 Å². The second-order valence-corrected chi connectivity index (χ2v) is 3.61. The first-order valence-electron chi connectivity index (χ1n) is 2.73. The summed E-state index contributed by atoms with van der Waals surface area (Å²) in [6.07, 6.45) is 0. The van der Waals surface area contributed by atoms with Gasteiger partial charge in [0.15, 0.2) is 10.8 Å². The van der Waals surface area contributed by atoms with Crippen LogP contribution in [0.1, 0.15) is 0 Å². The van der Waals surface area contributed by atoms with Crippen molar-refractivity contribution < 1.29 is 25.2 Å². The Bertz CT molecular complexity index is 256. The molecule has 0 aromatic rings. The molecule has 0 heterocycles. The Balaban J connectivity index is 0. The Morgan fingerprint density at radius 3 is 2.31 bits per heavy atom. The number of nitriles is 2. The number of rotatable bonds is 4. The fraction of sp³-hybridized carbons (Fsp3) is 0.400. The van der Waals surface area contributed by atoms with Gasteiger partial charge >= 0.3 is 0 Å². The molecule has 0 atom stereocenters. The molecular weight excluding hydrogens is 303 g/mol. The molecule has 0 spiro atoms. The Morgan fingerprint density at radius 1 is 1.38 bits per heavy atom. The zero-order valence-corrected chi connectivity index (χ0v) is 9.48. The monoisotopic (exact) mass is 308 g/mol. The van der Waals surface area contributed by atoms with Crippen LogP contribution >= 0.6 is 23.5 Å². The molecule has 0 aliphatic heterocycles. The van der Waals surface area contributed by atoms with Crippen LogP contribution in [0.15, 0.2) is 0 Å². The van der Waals surface area contributed by atoms with Gasteiger partial charge in [-0.3, -0.25) is 16.3 Å². The fourth-order valence-corrected chi connectivity index (χ4v) is 1.21. The number of nitrogens with zero attached hydrogens (tertiary/aromatic N) is 2. The standard InChI is InChI=1S/C5H6N4OS2.Pd/c6-2-11-1-4(10)5(8,9)12-3-7;/h1,8-9H2;. The van der Waals surface area contributed by atoms with E-state index in [2.05, 4.69) is 0 Å². The summed E-state index contributed by atoms with van der Waals surface area (Å²) in [7, 11) is 0. The van der Waals surface area contributed by atoms with E-state index in [0.29, 0.717) is 11.8 Å². The second kappa shape index (κ2) is 7.35. The average Bonchev–Trinajstić information content (AvgIpc) is 2.00. The van der Waals surface area contributed by atoms with E-state index in [4.69, 9.17) is 22.0 Å². The maximum Gasteiger partial charge on any atom is 0.189 e. The molecule has 0 amide bonds. The smallest absolute Gasteiger partial charge is 0.189 e. The van der Waals surface area contributed by atoms with Crippen molar-refractivity contribution in [2.24, 2.45) is 11.5 Å². The predicted octanol–water partition coefficient (Wildman–Crippen LogP) is -0.447. The van der Waals surface area contributed by atoms with E-state index in [1.165, 1.54) is 0 Å². The summed E-state index contributed by atoms with van der Waals surface area (Å²) in [4.78, 5) is 9.32. The molecule has 0 saturated carbocycles. The first kappa shape index (κ1) is 15.4. The van der Waals surface area contributed by atoms with Gasteiger partial charge in [0.2, 0.25) is 0 Å². The van der Waals surface area contributed by atoms with Gasteiger partial charge in [-0.05, 0) is 11.8 Å². The number of ketones is 1. The third-order valence-electron chi connectivity index (χ3n) is 0.918. The average molecular weight is 309 g/mol. The van der Waals surface area contributed by atoms with E-state index in [9.17, 15) is 4.79 Å². The number of hydrogen-bond acceptors (Lipinski definition) is 7. The van der Waals surface area contributed by atoms with Crippen LogP contribution in [-0.4, -0.2) is 16.5 Å². The van der Waals surface area contributed by atoms with Gasteiger partial charge in [-0.15, -0.1) is 0 Å². The van der Waals surface area contributed by atoms with E-state index >= 15 is 0 Å². The Kier molecular flexibility index (Phi) is 8.71. The first-order chi connectivity index (χ1) is 5.54. The second-order valence-electron chi connectivity index (χ2n) is 1.79. The zero-order chi connectivity index (χ0) is 9.61. The molecule has 0 bridgehead atoms. The summed E-state index contributed by atoms with van der Waals surface area (Å²) >= 11 is 1.22. The molecule has 0 fully saturated rings. The molecule has 74 valence electrons. The molecule has 0 aliphatic carbocycles. The molecule has 13 heavy (non-hydrogen) atoms. The van der Waals surface area contributed by atoms with Crippen molar-refractivity contribution in [3.05, 3.63) is 0 Å². The molecule has 0 aliphatic rings. The predicted molar refractivity (Wildman–Crippen MR) is 47.4 cm³/mol. The van der Waals surface area contributed by atoms with Gasteiger partial charge in [0.1, 0.15) is 10.8 Å². The van der Waals surface area contributed by atoms with Crippen LogP contribution in [-0.2, 0) is 25.2 Å². The summed E-state index contributed by atoms with van der Waals surface area (Å²) in [6, 6.07) is 0. The first-order valence-corrected chi connectivity index (χ1v) is 4.54. The minimum absolute atomic E-state index is 0. The largest absolute Gasteiger partial charge is 0.298 e. The van der Waals surface area contributed by atoms with Crippen LogP contribution in [0, 0.1) is 21.3 Å². The molecule has 5 nitrogen and oxygen atoms in total. The summed E-state index contributed by atoms with van der Waals surface area (Å²) < 4.78 is 0. The molecule has 8 heteroatoms. The van der Waals surface area contributed by atoms with E-state index in [0.717, 1.165) is 11.8 Å². The van der Waals surface area contributed by atoms with Crippen LogP contribution in [0.4, 0.5) is 0 Å². The SMILES string of the molecule is N#CSCC(=O)C(N)(N)SC#N.[Pd]. The van der Waals surface area contributed by atoms with E-state index in [1.54, 1.807) is 10.8 Å². The molecule has 0 radical (unpaired) electrons. The van der Waals surface area contributed by atoms with Crippen LogP contribution in [0.25, 0.3) is 0 Å². The van der Waals surface area contributed by atoms with Gasteiger partial charge in [0, 0.05) is 32.2 Å². The summed E-state index contributed by atoms with van der Waals surface area (Å²) in [6.45, 7) is 0. The summed E-state index contributed by atoms with van der Waals surface area (Å²) in [5.41, 5.74) is 10.5. The quantitative estimate of drug-likeness (QED) is 0.410. The molecule has 0 unspecified atom stereocenters. The number of thioether (sulfide) groups is 2. The Morgan fingerprint density at radius 2 is 1.92 bits per heavy atom. The maximum absolute atomic E-state index is 11.0. The maximum atomic E-state index is 11.0. The summed E-state index contributed by atoms with van der Waals surface area (Å²) in [5, 5.41) is 19.6. The molecule has 0 aromatic carbocycles. The van der Waals surface area contributed by atoms with Crippen LogP contribution < -0.4 is 11.5 Å². The number of Topliss-reactive ketones (excluding diaryl/α,β-unsaturated/α-hetero) is 1. The molecule has 0 rings (SSSR count). The minimum atomic E-state index is -1.70. The topological polar surface area (TPSA) is 117 Å². The van der Waals surface area contributed by atoms with E-state index in [-0.39, 0.29) is 26.2 Å². The van der Waals surface area contributed by atoms with Gasteiger partial charge in [-0.2, -0.15) is 10.5 Å². The van der Waals surface area contributed by atoms with Crippen LogP contribution in [0.3, 0.4) is 0 Å². The summed E-state index contributed by atoms with van der Waals surface area (Å²) in [5.74, 6) is -0.626. The van der Waals surface area contributed by atoms with Crippen molar-refractivity contribution in [2.45, 2.75) is 4.99 Å². The van der Waals surface area contributed by atoms with Gasteiger partial charge in [-0.1, -0.05) is 0 Å². The number of hydrogen-bond donors (Lipinski definition) is 2. The molecule has 0 saturated heterocycles. The normalized spacial score (nSPS) is 9.23. The number of nitrogens with two attached hydrogens (primary N) is 2. The number of carbonyl (C=O) groups is 1. The van der Waals surface area contributed by atoms with Gasteiger partial charge in [-0.25, -0.2) is 0 Å². The Hall–Kier alpha value is -0.0677. The van der Waals surface area contributed by atoms with Crippen molar-refractivity contribution in [3.8, 4) is 10.8 Å². The van der Waals surface area contributed by atoms with E-state index in [1.807, 2.05) is 0 Å². The van der Waals surface area contributed by atoms with Crippen molar-refractivity contribution in [1.82, 2.24) is 0 Å². The third kappa shape index (κ3) is 6.06. The number of carbonyl (C=O) groups excluding carboxylic acids is 1. The van der Waals surface area contributed by atoms with Gasteiger partial charge in [0.05, 0.1) is 5.75 Å². The van der Waals surface area contributed by atoms with Crippen molar-refractivity contribution in [1.29, 1.82) is 10.5 Å². The van der Waals surface area contributed by atoms with Gasteiger partial charge in [0.25, 0.3) is 0 Å². The van der Waals surface area contributed by atoms with E-state index < -0.39 is 10.8 Å². The third-order valence-corrected chi connectivity index (χ3v) is 2.11. The molecule has 0 aromatic heterocycles.